The third kappa shape index (κ3) is 32.7. The molecule has 0 aliphatic rings. The molecule has 296 valence electrons. The number of hydrogen-bond acceptors (Lipinski definition) is 5. The third-order valence-electron chi connectivity index (χ3n) is 10.2. The van der Waals surface area contributed by atoms with E-state index in [2.05, 4.69) is 43.5 Å². The van der Waals surface area contributed by atoms with Crippen LogP contribution in [0.4, 0.5) is 0 Å². The van der Waals surface area contributed by atoms with Crippen LogP contribution in [0.1, 0.15) is 219 Å². The zero-order valence-electron chi connectivity index (χ0n) is 33.2. The summed E-state index contributed by atoms with van der Waals surface area (Å²) in [6.45, 7) is 3.91. The highest BCUT2D eigenvalue weighted by Crippen LogP contribution is 2.17. The van der Waals surface area contributed by atoms with E-state index in [0.29, 0.717) is 19.3 Å². The number of rotatable bonds is 39. The second-order valence-electron chi connectivity index (χ2n) is 15.0. The Hall–Kier alpha value is -1.21. The molecular formula is C44H85NO5. The van der Waals surface area contributed by atoms with Crippen LogP contribution in [-0.2, 0) is 4.79 Å². The topological polar surface area (TPSA) is 110 Å². The van der Waals surface area contributed by atoms with Gasteiger partial charge in [-0.05, 0) is 44.9 Å². The van der Waals surface area contributed by atoms with Gasteiger partial charge in [0.15, 0.2) is 0 Å². The molecule has 0 aromatic rings. The zero-order chi connectivity index (χ0) is 36.8. The van der Waals surface area contributed by atoms with Crippen LogP contribution >= 0.6 is 0 Å². The van der Waals surface area contributed by atoms with Gasteiger partial charge in [-0.1, -0.05) is 199 Å². The maximum absolute atomic E-state index is 12.5. The van der Waals surface area contributed by atoms with Crippen LogP contribution in [0.2, 0.25) is 0 Å². The largest absolute Gasteiger partial charge is 0.394 e. The van der Waals surface area contributed by atoms with Gasteiger partial charge in [0.25, 0.3) is 0 Å². The molecule has 0 saturated heterocycles. The SMILES string of the molecule is CC/C=C/CC/C=C/CCCC(O)C(O)C(CO)NC(=O)C(O)CCCCCCCCCCCCCCCCCCCCCCCCCCC. The summed E-state index contributed by atoms with van der Waals surface area (Å²) in [5, 5.41) is 43.4. The molecule has 5 N–H and O–H groups in total. The molecule has 0 rings (SSSR count). The van der Waals surface area contributed by atoms with Crippen LogP contribution in [0.15, 0.2) is 24.3 Å². The lowest BCUT2D eigenvalue weighted by Crippen LogP contribution is -2.53. The van der Waals surface area contributed by atoms with E-state index in [1.807, 2.05) is 0 Å². The molecule has 0 aliphatic heterocycles. The van der Waals surface area contributed by atoms with Crippen molar-refractivity contribution in [1.82, 2.24) is 5.32 Å². The molecule has 4 atom stereocenters. The Bertz CT molecular complexity index is 757. The Morgan fingerprint density at radius 1 is 0.500 bits per heavy atom. The van der Waals surface area contributed by atoms with E-state index in [4.69, 9.17) is 0 Å². The summed E-state index contributed by atoms with van der Waals surface area (Å²) in [6.07, 6.45) is 43.9. The number of aliphatic hydroxyl groups is 4. The van der Waals surface area contributed by atoms with Gasteiger partial charge in [-0.25, -0.2) is 0 Å². The fourth-order valence-corrected chi connectivity index (χ4v) is 6.72. The smallest absolute Gasteiger partial charge is 0.249 e. The first-order chi connectivity index (χ1) is 24.5. The van der Waals surface area contributed by atoms with Gasteiger partial charge in [0.2, 0.25) is 5.91 Å². The Labute approximate surface area is 310 Å². The van der Waals surface area contributed by atoms with Crippen LogP contribution in [0.25, 0.3) is 0 Å². The summed E-state index contributed by atoms with van der Waals surface area (Å²) >= 11 is 0. The summed E-state index contributed by atoms with van der Waals surface area (Å²) in [7, 11) is 0. The minimum Gasteiger partial charge on any atom is -0.394 e. The van der Waals surface area contributed by atoms with E-state index in [0.717, 1.165) is 44.9 Å². The molecular weight excluding hydrogens is 622 g/mol. The first-order valence-corrected chi connectivity index (χ1v) is 21.7. The van der Waals surface area contributed by atoms with Crippen LogP contribution in [0.3, 0.4) is 0 Å². The lowest BCUT2D eigenvalue weighted by atomic mass is 10.00. The van der Waals surface area contributed by atoms with Gasteiger partial charge >= 0.3 is 0 Å². The predicted molar refractivity (Wildman–Crippen MR) is 214 cm³/mol. The Morgan fingerprint density at radius 2 is 0.880 bits per heavy atom. The highest BCUT2D eigenvalue weighted by Gasteiger charge is 2.28. The molecule has 0 heterocycles. The lowest BCUT2D eigenvalue weighted by Gasteiger charge is -2.27. The van der Waals surface area contributed by atoms with Crippen molar-refractivity contribution >= 4 is 5.91 Å². The summed E-state index contributed by atoms with van der Waals surface area (Å²) in [5.74, 6) is -0.597. The molecule has 1 amide bonds. The van der Waals surface area contributed by atoms with Crippen molar-refractivity contribution in [2.75, 3.05) is 6.61 Å². The summed E-state index contributed by atoms with van der Waals surface area (Å²) in [5.41, 5.74) is 0. The van der Waals surface area contributed by atoms with Gasteiger partial charge in [0, 0.05) is 0 Å². The van der Waals surface area contributed by atoms with Crippen molar-refractivity contribution in [3.63, 3.8) is 0 Å². The van der Waals surface area contributed by atoms with E-state index in [9.17, 15) is 25.2 Å². The molecule has 0 bridgehead atoms. The molecule has 0 aliphatic carbocycles. The molecule has 6 heteroatoms. The normalized spacial score (nSPS) is 14.4. The second-order valence-corrected chi connectivity index (χ2v) is 15.0. The third-order valence-corrected chi connectivity index (χ3v) is 10.2. The summed E-state index contributed by atoms with van der Waals surface area (Å²) in [6, 6.07) is -1.00. The average Bonchev–Trinajstić information content (AvgIpc) is 3.12. The molecule has 4 unspecified atom stereocenters. The van der Waals surface area contributed by atoms with E-state index in [-0.39, 0.29) is 0 Å². The quantitative estimate of drug-likeness (QED) is 0.0323. The molecule has 0 aromatic heterocycles. The lowest BCUT2D eigenvalue weighted by molar-refractivity contribution is -0.132. The minimum absolute atomic E-state index is 0.364. The second kappa shape index (κ2) is 39.0. The van der Waals surface area contributed by atoms with Crippen molar-refractivity contribution in [2.45, 2.75) is 244 Å². The number of nitrogens with one attached hydrogen (secondary N) is 1. The maximum atomic E-state index is 12.5. The molecule has 0 aromatic carbocycles. The fourth-order valence-electron chi connectivity index (χ4n) is 6.72. The molecule has 0 radical (unpaired) electrons. The van der Waals surface area contributed by atoms with Gasteiger partial charge in [-0.2, -0.15) is 0 Å². The van der Waals surface area contributed by atoms with Gasteiger partial charge in [-0.15, -0.1) is 0 Å². The maximum Gasteiger partial charge on any atom is 0.249 e. The van der Waals surface area contributed by atoms with Gasteiger partial charge in [0.05, 0.1) is 18.8 Å². The summed E-state index contributed by atoms with van der Waals surface area (Å²) < 4.78 is 0. The van der Waals surface area contributed by atoms with Crippen LogP contribution in [0.5, 0.6) is 0 Å². The number of carbonyl (C=O) groups is 1. The number of aliphatic hydroxyl groups excluding tert-OH is 4. The monoisotopic (exact) mass is 708 g/mol. The van der Waals surface area contributed by atoms with Crippen molar-refractivity contribution in [3.05, 3.63) is 24.3 Å². The molecule has 0 saturated carbocycles. The van der Waals surface area contributed by atoms with Crippen LogP contribution in [0, 0.1) is 0 Å². The van der Waals surface area contributed by atoms with E-state index in [1.54, 1.807) is 0 Å². The Kier molecular flexibility index (Phi) is 38.1. The molecule has 0 fully saturated rings. The minimum atomic E-state index is -1.28. The highest BCUT2D eigenvalue weighted by atomic mass is 16.3. The van der Waals surface area contributed by atoms with Crippen molar-refractivity contribution in [2.24, 2.45) is 0 Å². The number of hydrogen-bond donors (Lipinski definition) is 5. The van der Waals surface area contributed by atoms with E-state index >= 15 is 0 Å². The number of unbranched alkanes of at least 4 members (excludes halogenated alkanes) is 26. The molecule has 6 nitrogen and oxygen atoms in total. The van der Waals surface area contributed by atoms with Crippen molar-refractivity contribution < 1.29 is 25.2 Å². The van der Waals surface area contributed by atoms with Gasteiger partial charge in [0.1, 0.15) is 12.2 Å². The van der Waals surface area contributed by atoms with Gasteiger partial charge < -0.3 is 25.7 Å². The van der Waals surface area contributed by atoms with Crippen LogP contribution < -0.4 is 5.32 Å². The van der Waals surface area contributed by atoms with Crippen molar-refractivity contribution in [1.29, 1.82) is 0 Å². The van der Waals surface area contributed by atoms with Crippen molar-refractivity contribution in [3.8, 4) is 0 Å². The molecule has 0 spiro atoms. The standard InChI is InChI=1S/C44H85NO5/c1-3-5-7-9-11-13-14-15-16-17-18-19-20-21-22-23-24-25-26-27-28-30-32-34-36-38-42(48)44(50)45-40(39-46)43(49)41(47)37-35-33-31-29-12-10-8-6-4-2/h6,8,29,31,40-43,46-49H,3-5,7,9-28,30,32-39H2,1-2H3,(H,45,50)/b8-6+,31-29+. The number of allylic oxidation sites excluding steroid dienone is 4. The van der Waals surface area contributed by atoms with Gasteiger partial charge in [-0.3, -0.25) is 4.79 Å². The van der Waals surface area contributed by atoms with Crippen LogP contribution in [-0.4, -0.2) is 57.3 Å². The number of amides is 1. The van der Waals surface area contributed by atoms with E-state index < -0.39 is 36.9 Å². The predicted octanol–water partition coefficient (Wildman–Crippen LogP) is 11.2. The molecule has 50 heavy (non-hydrogen) atoms. The first kappa shape index (κ1) is 48.8. The zero-order valence-corrected chi connectivity index (χ0v) is 33.2. The first-order valence-electron chi connectivity index (χ1n) is 21.7. The average molecular weight is 708 g/mol. The Balaban J connectivity index is 3.62. The highest BCUT2D eigenvalue weighted by molar-refractivity contribution is 5.80. The Morgan fingerprint density at radius 3 is 1.28 bits per heavy atom. The van der Waals surface area contributed by atoms with E-state index in [1.165, 1.54) is 141 Å². The number of carbonyl (C=O) groups excluding carboxylic acids is 1. The fraction of sp³-hybridized carbons (Fsp3) is 0.886. The summed E-state index contributed by atoms with van der Waals surface area (Å²) in [4.78, 5) is 12.5.